The summed E-state index contributed by atoms with van der Waals surface area (Å²) in [6.45, 7) is 8.08. The second kappa shape index (κ2) is 6.20. The summed E-state index contributed by atoms with van der Waals surface area (Å²) in [7, 11) is 0. The van der Waals surface area contributed by atoms with Crippen LogP contribution in [0.4, 0.5) is 0 Å². The third-order valence-electron chi connectivity index (χ3n) is 3.32. The molecule has 2 atom stereocenters. The molecule has 0 radical (unpaired) electrons. The van der Waals surface area contributed by atoms with E-state index in [2.05, 4.69) is 23.8 Å². The first-order valence-corrected chi connectivity index (χ1v) is 8.19. The van der Waals surface area contributed by atoms with Crippen molar-refractivity contribution in [3.63, 3.8) is 0 Å². The Hall–Kier alpha value is -0.970. The lowest BCUT2D eigenvalue weighted by Crippen LogP contribution is -2.45. The van der Waals surface area contributed by atoms with Crippen molar-refractivity contribution in [2.24, 2.45) is 0 Å². The van der Waals surface area contributed by atoms with E-state index in [-0.39, 0.29) is 10.8 Å². The minimum absolute atomic E-state index is 0.222. The van der Waals surface area contributed by atoms with E-state index >= 15 is 0 Å². The van der Waals surface area contributed by atoms with Gasteiger partial charge >= 0.3 is 0 Å². The van der Waals surface area contributed by atoms with Crippen LogP contribution in [0.3, 0.4) is 0 Å². The number of hydrogen-bond donors (Lipinski definition) is 1. The van der Waals surface area contributed by atoms with Crippen LogP contribution in [0.1, 0.15) is 39.7 Å². The van der Waals surface area contributed by atoms with Gasteiger partial charge in [-0.25, -0.2) is 0 Å². The summed E-state index contributed by atoms with van der Waals surface area (Å²) in [5.41, 5.74) is 2.15. The predicted molar refractivity (Wildman–Crippen MR) is 85.0 cm³/mol. The van der Waals surface area contributed by atoms with Crippen LogP contribution in [0.15, 0.2) is 34.9 Å². The van der Waals surface area contributed by atoms with Crippen LogP contribution in [0.25, 0.3) is 11.0 Å². The molecule has 2 unspecified atom stereocenters. The van der Waals surface area contributed by atoms with Gasteiger partial charge in [-0.1, -0.05) is 13.0 Å². The lowest BCUT2D eigenvalue weighted by atomic mass is 10.0. The molecule has 1 aromatic carbocycles. The molecule has 1 heterocycles. The zero-order chi connectivity index (χ0) is 14.8. The molecule has 2 aromatic rings. The maximum Gasteiger partial charge on any atom is 0.136 e. The highest BCUT2D eigenvalue weighted by Gasteiger charge is 2.28. The first kappa shape index (κ1) is 15.4. The zero-order valence-corrected chi connectivity index (χ0v) is 13.4. The van der Waals surface area contributed by atoms with Gasteiger partial charge in [-0.3, -0.25) is 0 Å². The van der Waals surface area contributed by atoms with Gasteiger partial charge in [0, 0.05) is 16.7 Å². The Labute approximate surface area is 124 Å². The number of benzene rings is 1. The highest BCUT2D eigenvalue weighted by molar-refractivity contribution is 7.90. The monoisotopic (exact) mass is 293 g/mol. The van der Waals surface area contributed by atoms with Crippen molar-refractivity contribution in [3.05, 3.63) is 36.1 Å². The Bertz CT molecular complexity index is 559. The molecule has 2 rings (SSSR count). The normalized spacial score (nSPS) is 15.4. The van der Waals surface area contributed by atoms with Gasteiger partial charge in [0.15, 0.2) is 0 Å². The summed E-state index contributed by atoms with van der Waals surface area (Å²) in [6.07, 6.45) is 3.53. The fourth-order valence-electron chi connectivity index (χ4n) is 2.03. The van der Waals surface area contributed by atoms with Crippen LogP contribution in [0.2, 0.25) is 0 Å². The van der Waals surface area contributed by atoms with E-state index in [9.17, 15) is 4.55 Å². The largest absolute Gasteiger partial charge is 0.598 e. The number of furan rings is 1. The zero-order valence-electron chi connectivity index (χ0n) is 12.6. The fourth-order valence-corrected chi connectivity index (χ4v) is 2.93. The van der Waals surface area contributed by atoms with E-state index in [1.165, 1.54) is 5.56 Å². The molecule has 0 amide bonds. The predicted octanol–water partition coefficient (Wildman–Crippen LogP) is 3.81. The second-order valence-corrected chi connectivity index (χ2v) is 8.10. The van der Waals surface area contributed by atoms with Gasteiger partial charge in [0.1, 0.15) is 10.3 Å². The van der Waals surface area contributed by atoms with Crippen molar-refractivity contribution < 1.29 is 8.97 Å². The molecule has 0 spiro atoms. The Morgan fingerprint density at radius 3 is 2.70 bits per heavy atom. The Morgan fingerprint density at radius 2 is 2.05 bits per heavy atom. The average Bonchev–Trinajstić information content (AvgIpc) is 2.84. The van der Waals surface area contributed by atoms with Crippen molar-refractivity contribution >= 4 is 22.3 Å². The Balaban J connectivity index is 2.05. The van der Waals surface area contributed by atoms with Crippen LogP contribution in [-0.4, -0.2) is 15.3 Å². The SMILES string of the molecule is CCC(Cc1ccc2occc2c1)N[S+]([O-])C(C)(C)C. The molecule has 0 aliphatic heterocycles. The summed E-state index contributed by atoms with van der Waals surface area (Å²) in [5, 5.41) is 1.12. The average molecular weight is 293 g/mol. The molecular formula is C16H23NO2S. The summed E-state index contributed by atoms with van der Waals surface area (Å²) in [6, 6.07) is 8.41. The highest BCUT2D eigenvalue weighted by atomic mass is 32.2. The molecule has 110 valence electrons. The van der Waals surface area contributed by atoms with Gasteiger partial charge < -0.3 is 8.97 Å². The van der Waals surface area contributed by atoms with E-state index in [1.807, 2.05) is 32.9 Å². The third-order valence-corrected chi connectivity index (χ3v) is 4.98. The lowest BCUT2D eigenvalue weighted by molar-refractivity contribution is 0.510. The van der Waals surface area contributed by atoms with Crippen molar-refractivity contribution in [3.8, 4) is 0 Å². The van der Waals surface area contributed by atoms with E-state index in [0.717, 1.165) is 23.8 Å². The molecule has 4 heteroatoms. The standard InChI is InChI=1S/C16H23NO2S/c1-5-14(17-20(18)16(2,3)4)11-12-6-7-15-13(10-12)8-9-19-15/h6-10,14,17H,5,11H2,1-4H3. The van der Waals surface area contributed by atoms with Gasteiger partial charge in [0.05, 0.1) is 12.3 Å². The summed E-state index contributed by atoms with van der Waals surface area (Å²) < 4.78 is 20.5. The van der Waals surface area contributed by atoms with Gasteiger partial charge in [-0.15, -0.1) is 4.72 Å². The molecule has 0 aliphatic rings. The van der Waals surface area contributed by atoms with Crippen LogP contribution in [0, 0.1) is 0 Å². The highest BCUT2D eigenvalue weighted by Crippen LogP contribution is 2.20. The second-order valence-electron chi connectivity index (χ2n) is 6.10. The first-order chi connectivity index (χ1) is 9.40. The van der Waals surface area contributed by atoms with Gasteiger partial charge in [0.25, 0.3) is 0 Å². The molecule has 0 fully saturated rings. The lowest BCUT2D eigenvalue weighted by Gasteiger charge is -2.27. The van der Waals surface area contributed by atoms with E-state index in [1.54, 1.807) is 6.26 Å². The number of rotatable bonds is 5. The van der Waals surface area contributed by atoms with Crippen molar-refractivity contribution in [2.45, 2.75) is 51.3 Å². The molecule has 0 aliphatic carbocycles. The molecule has 0 saturated carbocycles. The number of nitrogens with one attached hydrogen (secondary N) is 1. The summed E-state index contributed by atoms with van der Waals surface area (Å²) in [4.78, 5) is 0. The van der Waals surface area contributed by atoms with Crippen LogP contribution in [0.5, 0.6) is 0 Å². The van der Waals surface area contributed by atoms with Gasteiger partial charge in [-0.05, 0) is 57.4 Å². The fraction of sp³-hybridized carbons (Fsp3) is 0.500. The van der Waals surface area contributed by atoms with E-state index in [4.69, 9.17) is 4.42 Å². The number of hydrogen-bond acceptors (Lipinski definition) is 3. The maximum atomic E-state index is 12.2. The Morgan fingerprint density at radius 1 is 1.30 bits per heavy atom. The quantitative estimate of drug-likeness (QED) is 0.853. The summed E-state index contributed by atoms with van der Waals surface area (Å²) in [5.74, 6) is 0. The molecule has 1 N–H and O–H groups in total. The first-order valence-electron chi connectivity index (χ1n) is 7.04. The minimum Gasteiger partial charge on any atom is -0.598 e. The minimum atomic E-state index is -1.03. The molecule has 0 saturated heterocycles. The van der Waals surface area contributed by atoms with Gasteiger partial charge in [-0.2, -0.15) is 0 Å². The van der Waals surface area contributed by atoms with Crippen molar-refractivity contribution in [1.29, 1.82) is 0 Å². The Kier molecular flexibility index (Phi) is 4.78. The molecular weight excluding hydrogens is 270 g/mol. The maximum absolute atomic E-state index is 12.2. The molecule has 0 bridgehead atoms. The summed E-state index contributed by atoms with van der Waals surface area (Å²) >= 11 is -1.03. The smallest absolute Gasteiger partial charge is 0.136 e. The van der Waals surface area contributed by atoms with Crippen molar-refractivity contribution in [2.75, 3.05) is 0 Å². The van der Waals surface area contributed by atoms with Gasteiger partial charge in [0.2, 0.25) is 0 Å². The van der Waals surface area contributed by atoms with Crippen LogP contribution < -0.4 is 4.72 Å². The molecule has 1 aromatic heterocycles. The van der Waals surface area contributed by atoms with Crippen LogP contribution in [-0.2, 0) is 17.8 Å². The van der Waals surface area contributed by atoms with E-state index < -0.39 is 11.4 Å². The number of fused-ring (bicyclic) bond motifs is 1. The topological polar surface area (TPSA) is 48.2 Å². The van der Waals surface area contributed by atoms with E-state index in [0.29, 0.717) is 0 Å². The van der Waals surface area contributed by atoms with Crippen molar-refractivity contribution in [1.82, 2.24) is 4.72 Å². The molecule has 3 nitrogen and oxygen atoms in total. The van der Waals surface area contributed by atoms with Crippen LogP contribution >= 0.6 is 0 Å². The molecule has 20 heavy (non-hydrogen) atoms. The third kappa shape index (κ3) is 3.78.